The number of hydrogen-bond acceptors (Lipinski definition) is 7. The van der Waals surface area contributed by atoms with Gasteiger partial charge in [0.2, 0.25) is 5.88 Å². The Labute approximate surface area is 158 Å². The molecular weight excluding hydrogens is 375 g/mol. The molecule has 0 atom stereocenters. The fraction of sp³-hybridized carbons (Fsp3) is 0.471. The maximum absolute atomic E-state index is 13.0. The Morgan fingerprint density at radius 1 is 1.11 bits per heavy atom. The zero-order valence-electron chi connectivity index (χ0n) is 15.3. The first-order chi connectivity index (χ1) is 13.3. The lowest BCUT2D eigenvalue weighted by Gasteiger charge is -2.32. The lowest BCUT2D eigenvalue weighted by Crippen LogP contribution is -2.39. The van der Waals surface area contributed by atoms with Crippen molar-refractivity contribution in [1.82, 2.24) is 29.8 Å². The topological polar surface area (TPSA) is 81.3 Å². The molecule has 0 bridgehead atoms. The van der Waals surface area contributed by atoms with E-state index < -0.39 is 12.0 Å². The highest BCUT2D eigenvalue weighted by molar-refractivity contribution is 5.46. The van der Waals surface area contributed by atoms with Gasteiger partial charge in [0.05, 0.1) is 11.4 Å². The van der Waals surface area contributed by atoms with Gasteiger partial charge in [0, 0.05) is 32.1 Å². The van der Waals surface area contributed by atoms with Crippen LogP contribution >= 0.6 is 0 Å². The summed E-state index contributed by atoms with van der Waals surface area (Å²) < 4.78 is 45.8. The molecule has 148 valence electrons. The second-order valence-electron chi connectivity index (χ2n) is 6.69. The Morgan fingerprint density at radius 2 is 1.86 bits per heavy atom. The third kappa shape index (κ3) is 3.56. The molecule has 4 rings (SSSR count). The lowest BCUT2D eigenvalue weighted by atomic mass is 10.1. The van der Waals surface area contributed by atoms with Crippen LogP contribution in [0, 0.1) is 13.8 Å². The van der Waals surface area contributed by atoms with Crippen LogP contribution in [0.3, 0.4) is 0 Å². The van der Waals surface area contributed by atoms with Gasteiger partial charge in [-0.25, -0.2) is 4.98 Å². The van der Waals surface area contributed by atoms with Gasteiger partial charge in [-0.3, -0.25) is 4.98 Å². The summed E-state index contributed by atoms with van der Waals surface area (Å²) in [5.74, 6) is -0.156. The fourth-order valence-electron chi connectivity index (χ4n) is 3.11. The number of aromatic nitrogens is 6. The quantitative estimate of drug-likeness (QED) is 0.677. The van der Waals surface area contributed by atoms with E-state index in [1.165, 1.54) is 6.07 Å². The number of anilines is 1. The Balaban J connectivity index is 1.47. The van der Waals surface area contributed by atoms with Crippen molar-refractivity contribution in [3.8, 4) is 5.88 Å². The summed E-state index contributed by atoms with van der Waals surface area (Å²) in [6, 6.07) is 3.14. The van der Waals surface area contributed by atoms with E-state index in [1.807, 2.05) is 18.7 Å². The fourth-order valence-corrected chi connectivity index (χ4v) is 3.11. The summed E-state index contributed by atoms with van der Waals surface area (Å²) in [5, 5.41) is 10.8. The van der Waals surface area contributed by atoms with Crippen molar-refractivity contribution in [2.45, 2.75) is 39.0 Å². The van der Waals surface area contributed by atoms with Crippen molar-refractivity contribution in [3.63, 3.8) is 0 Å². The molecule has 1 fully saturated rings. The molecule has 0 amide bonds. The number of alkyl halides is 3. The first-order valence-corrected chi connectivity index (χ1v) is 8.83. The molecule has 0 aliphatic carbocycles. The lowest BCUT2D eigenvalue weighted by molar-refractivity contribution is -0.146. The molecule has 11 heteroatoms. The summed E-state index contributed by atoms with van der Waals surface area (Å²) >= 11 is 0. The van der Waals surface area contributed by atoms with Crippen LogP contribution in [-0.2, 0) is 6.18 Å². The highest BCUT2D eigenvalue weighted by Crippen LogP contribution is 2.28. The van der Waals surface area contributed by atoms with Crippen LogP contribution < -0.4 is 9.64 Å². The largest absolute Gasteiger partial charge is 0.473 e. The van der Waals surface area contributed by atoms with Gasteiger partial charge >= 0.3 is 6.18 Å². The van der Waals surface area contributed by atoms with Gasteiger partial charge in [-0.1, -0.05) is 0 Å². The molecule has 3 aromatic rings. The Hall–Kier alpha value is -2.98. The number of halogens is 3. The van der Waals surface area contributed by atoms with Crippen molar-refractivity contribution in [2.75, 3.05) is 18.0 Å². The second kappa shape index (κ2) is 6.88. The molecule has 0 spiro atoms. The summed E-state index contributed by atoms with van der Waals surface area (Å²) in [5.41, 5.74) is 1.57. The van der Waals surface area contributed by atoms with E-state index in [1.54, 1.807) is 12.3 Å². The highest BCUT2D eigenvalue weighted by atomic mass is 19.4. The normalized spacial score (nSPS) is 16.0. The van der Waals surface area contributed by atoms with Crippen LogP contribution in [0.2, 0.25) is 0 Å². The van der Waals surface area contributed by atoms with Crippen LogP contribution in [0.5, 0.6) is 5.88 Å². The van der Waals surface area contributed by atoms with Crippen molar-refractivity contribution in [2.24, 2.45) is 0 Å². The van der Waals surface area contributed by atoms with E-state index in [0.29, 0.717) is 37.6 Å². The minimum Gasteiger partial charge on any atom is -0.473 e. The summed E-state index contributed by atoms with van der Waals surface area (Å²) in [7, 11) is 0. The maximum atomic E-state index is 13.0. The monoisotopic (exact) mass is 393 g/mol. The van der Waals surface area contributed by atoms with Crippen LogP contribution in [0.25, 0.3) is 5.65 Å². The average Bonchev–Trinajstić information content (AvgIpc) is 3.09. The molecule has 0 unspecified atom stereocenters. The van der Waals surface area contributed by atoms with Crippen molar-refractivity contribution < 1.29 is 17.9 Å². The third-order valence-corrected chi connectivity index (χ3v) is 4.58. The van der Waals surface area contributed by atoms with Gasteiger partial charge in [0.15, 0.2) is 5.65 Å². The number of piperidine rings is 1. The van der Waals surface area contributed by atoms with Gasteiger partial charge in [-0.15, -0.1) is 15.3 Å². The van der Waals surface area contributed by atoms with Crippen LogP contribution in [0.1, 0.15) is 30.1 Å². The van der Waals surface area contributed by atoms with Gasteiger partial charge in [0.1, 0.15) is 11.9 Å². The van der Waals surface area contributed by atoms with E-state index in [2.05, 4.69) is 25.3 Å². The molecule has 1 saturated heterocycles. The third-order valence-electron chi connectivity index (χ3n) is 4.58. The van der Waals surface area contributed by atoms with Crippen molar-refractivity contribution in [1.29, 1.82) is 0 Å². The molecule has 28 heavy (non-hydrogen) atoms. The van der Waals surface area contributed by atoms with E-state index >= 15 is 0 Å². The van der Waals surface area contributed by atoms with Crippen molar-refractivity contribution in [3.05, 3.63) is 35.5 Å². The first-order valence-electron chi connectivity index (χ1n) is 8.83. The average molecular weight is 393 g/mol. The number of hydrogen-bond donors (Lipinski definition) is 0. The van der Waals surface area contributed by atoms with Gasteiger partial charge < -0.3 is 9.64 Å². The molecule has 0 aromatic carbocycles. The predicted octanol–water partition coefficient (Wildman–Crippen LogP) is 2.60. The summed E-state index contributed by atoms with van der Waals surface area (Å²) in [4.78, 5) is 10.5. The van der Waals surface area contributed by atoms with Gasteiger partial charge in [0.25, 0.3) is 5.82 Å². The minimum absolute atomic E-state index is 0.0320. The van der Waals surface area contributed by atoms with E-state index in [9.17, 15) is 13.2 Å². The zero-order chi connectivity index (χ0) is 19.9. The standard InChI is InChI=1S/C17H18F3N7O/c1-10-9-21-11(2)15(22-10)28-12-5-7-26(8-6-12)14-4-3-13-23-24-16(17(18,19)20)27(13)25-14/h3-4,9,12H,5-8H2,1-2H3. The molecule has 4 heterocycles. The maximum Gasteiger partial charge on any atom is 0.453 e. The van der Waals surface area contributed by atoms with Crippen LogP contribution in [0.15, 0.2) is 18.3 Å². The number of aryl methyl sites for hydroxylation is 2. The molecular formula is C17H18F3N7O. The minimum atomic E-state index is -4.61. The number of nitrogens with zero attached hydrogens (tertiary/aromatic N) is 7. The van der Waals surface area contributed by atoms with Gasteiger partial charge in [-0.2, -0.15) is 17.7 Å². The number of ether oxygens (including phenoxy) is 1. The summed E-state index contributed by atoms with van der Waals surface area (Å²) in [6.45, 7) is 4.90. The number of fused-ring (bicyclic) bond motifs is 1. The SMILES string of the molecule is Cc1cnc(C)c(OC2CCN(c3ccc4nnc(C(F)(F)F)n4n3)CC2)n1. The molecule has 0 saturated carbocycles. The van der Waals surface area contributed by atoms with Gasteiger partial charge in [-0.05, 0) is 26.0 Å². The Morgan fingerprint density at radius 3 is 2.57 bits per heavy atom. The van der Waals surface area contributed by atoms with E-state index in [-0.39, 0.29) is 11.8 Å². The molecule has 3 aromatic heterocycles. The van der Waals surface area contributed by atoms with E-state index in [0.717, 1.165) is 15.9 Å². The van der Waals surface area contributed by atoms with E-state index in [4.69, 9.17) is 4.74 Å². The van der Waals surface area contributed by atoms with Crippen molar-refractivity contribution >= 4 is 11.5 Å². The second-order valence-corrected chi connectivity index (χ2v) is 6.69. The summed E-state index contributed by atoms with van der Waals surface area (Å²) in [6.07, 6.45) is -1.56. The number of rotatable bonds is 3. The zero-order valence-corrected chi connectivity index (χ0v) is 15.3. The van der Waals surface area contributed by atoms with Crippen LogP contribution in [0.4, 0.5) is 19.0 Å². The Bertz CT molecular complexity index is 996. The smallest absolute Gasteiger partial charge is 0.453 e. The molecule has 1 aliphatic heterocycles. The molecule has 0 N–H and O–H groups in total. The predicted molar refractivity (Wildman–Crippen MR) is 93.2 cm³/mol. The molecule has 0 radical (unpaired) electrons. The molecule has 8 nitrogen and oxygen atoms in total. The first kappa shape index (κ1) is 18.4. The highest BCUT2D eigenvalue weighted by Gasteiger charge is 2.38. The van der Waals surface area contributed by atoms with Crippen LogP contribution in [-0.4, -0.2) is 49.0 Å². The molecule has 1 aliphatic rings. The Kier molecular flexibility index (Phi) is 4.52.